The number of hydrogen-bond acceptors (Lipinski definition) is 10. The summed E-state index contributed by atoms with van der Waals surface area (Å²) in [5.74, 6) is -3.19. The van der Waals surface area contributed by atoms with Crippen LogP contribution in [0.3, 0.4) is 0 Å². The van der Waals surface area contributed by atoms with Gasteiger partial charge in [-0.2, -0.15) is 0 Å². The van der Waals surface area contributed by atoms with E-state index in [2.05, 4.69) is 26.1 Å². The molecule has 0 aromatic carbocycles. The highest BCUT2D eigenvalue weighted by Crippen LogP contribution is 2.24. The first kappa shape index (κ1) is 40.7. The van der Waals surface area contributed by atoms with Gasteiger partial charge in [0, 0.05) is 58.9 Å². The maximum atomic E-state index is 12.9. The van der Waals surface area contributed by atoms with Crippen molar-refractivity contribution in [2.75, 3.05) is 98.3 Å². The van der Waals surface area contributed by atoms with E-state index in [0.717, 1.165) is 32.1 Å². The average molecular weight is 646 g/mol. The van der Waals surface area contributed by atoms with Gasteiger partial charge in [-0.05, 0) is 40.0 Å². The van der Waals surface area contributed by atoms with Gasteiger partial charge >= 0.3 is 17.9 Å². The van der Waals surface area contributed by atoms with Gasteiger partial charge in [0.2, 0.25) is 5.91 Å². The lowest BCUT2D eigenvalue weighted by molar-refractivity contribution is -0.140. The van der Waals surface area contributed by atoms with Crippen molar-refractivity contribution in [3.05, 3.63) is 0 Å². The molecule has 0 aromatic rings. The van der Waals surface area contributed by atoms with Crippen LogP contribution in [0.15, 0.2) is 0 Å². The Morgan fingerprint density at radius 1 is 0.644 bits per heavy atom. The number of carbonyl (C=O) groups is 4. The number of carboxylic acid groups (broad SMARTS) is 3. The molecule has 0 bridgehead atoms. The van der Waals surface area contributed by atoms with Gasteiger partial charge in [-0.1, -0.05) is 26.7 Å². The van der Waals surface area contributed by atoms with Crippen LogP contribution >= 0.6 is 0 Å². The predicted octanol–water partition coefficient (Wildman–Crippen LogP) is 1.14. The van der Waals surface area contributed by atoms with Gasteiger partial charge in [0.1, 0.15) is 0 Å². The standard InChI is InChI=1S/C31H59N5O9/c1-6-8-9-31(5,7-2)45-20-10-30(3,4)44-21-11-32-26(37)22-33-12-14-34(23-27(38)39)16-18-36(25-29(42)43)19-17-35(15-13-33)24-28(40)41/h6-25H2,1-5H3,(H,32,37)(H,38,39)(H,40,41)(H,42,43). The molecule has 0 saturated carbocycles. The largest absolute Gasteiger partial charge is 0.480 e. The molecule has 1 atom stereocenters. The normalized spacial score (nSPS) is 18.4. The Bertz CT molecular complexity index is 875. The number of amides is 1. The van der Waals surface area contributed by atoms with Crippen LogP contribution in [0.5, 0.6) is 0 Å². The zero-order valence-corrected chi connectivity index (χ0v) is 28.2. The number of carboxylic acids is 3. The lowest BCUT2D eigenvalue weighted by Crippen LogP contribution is -2.50. The second kappa shape index (κ2) is 21.4. The van der Waals surface area contributed by atoms with Crippen LogP contribution in [-0.4, -0.2) is 168 Å². The van der Waals surface area contributed by atoms with Crippen molar-refractivity contribution in [3.8, 4) is 0 Å². The van der Waals surface area contributed by atoms with E-state index >= 15 is 0 Å². The Balaban J connectivity index is 2.69. The van der Waals surface area contributed by atoms with E-state index in [1.807, 2.05) is 18.7 Å². The van der Waals surface area contributed by atoms with Crippen molar-refractivity contribution in [3.63, 3.8) is 0 Å². The SMILES string of the molecule is CCCCC(C)(CC)OCCC(C)(C)OCCNC(=O)CN1CCN(CC(=O)O)CCN(CC(=O)O)CCN(CC(=O)O)CC1. The maximum absolute atomic E-state index is 12.9. The number of ether oxygens (including phenoxy) is 2. The van der Waals surface area contributed by atoms with Gasteiger partial charge in [0.25, 0.3) is 0 Å². The Hall–Kier alpha value is -2.36. The Labute approximate surface area is 269 Å². The van der Waals surface area contributed by atoms with Crippen LogP contribution in [0, 0.1) is 0 Å². The molecule has 0 radical (unpaired) electrons. The highest BCUT2D eigenvalue weighted by atomic mass is 16.5. The monoisotopic (exact) mass is 645 g/mol. The van der Waals surface area contributed by atoms with Crippen LogP contribution in [0.1, 0.15) is 66.7 Å². The molecule has 0 aromatic heterocycles. The summed E-state index contributed by atoms with van der Waals surface area (Å²) in [6.07, 6.45) is 4.99. The van der Waals surface area contributed by atoms with E-state index in [1.54, 1.807) is 14.7 Å². The molecule has 0 aliphatic carbocycles. The number of aliphatic carboxylic acids is 3. The summed E-state index contributed by atoms with van der Waals surface area (Å²) < 4.78 is 12.3. The molecule has 1 aliphatic rings. The van der Waals surface area contributed by atoms with Crippen molar-refractivity contribution in [1.29, 1.82) is 0 Å². The third-order valence-corrected chi connectivity index (χ3v) is 8.25. The van der Waals surface area contributed by atoms with E-state index in [1.165, 1.54) is 0 Å². The molecule has 14 heteroatoms. The first-order valence-corrected chi connectivity index (χ1v) is 16.3. The summed E-state index contributed by atoms with van der Waals surface area (Å²) in [5.41, 5.74) is -0.540. The minimum absolute atomic E-state index is 0.0670. The summed E-state index contributed by atoms with van der Waals surface area (Å²) >= 11 is 0. The molecule has 1 rings (SSSR count). The number of unbranched alkanes of at least 4 members (excludes halogenated alkanes) is 1. The maximum Gasteiger partial charge on any atom is 0.317 e. The Kier molecular flexibility index (Phi) is 19.4. The summed E-state index contributed by atoms with van der Waals surface area (Å²) in [6.45, 7) is 14.0. The second-order valence-corrected chi connectivity index (χ2v) is 12.7. The molecule has 0 spiro atoms. The molecule has 1 aliphatic heterocycles. The third kappa shape index (κ3) is 19.7. The van der Waals surface area contributed by atoms with E-state index in [0.29, 0.717) is 72.1 Å². The lowest BCUT2D eigenvalue weighted by atomic mass is 9.95. The van der Waals surface area contributed by atoms with Crippen molar-refractivity contribution in [2.24, 2.45) is 0 Å². The predicted molar refractivity (Wildman–Crippen MR) is 170 cm³/mol. The van der Waals surface area contributed by atoms with Gasteiger partial charge in [-0.15, -0.1) is 0 Å². The number of carbonyl (C=O) groups excluding carboxylic acids is 1. The molecule has 1 amide bonds. The lowest BCUT2D eigenvalue weighted by Gasteiger charge is -2.33. The Morgan fingerprint density at radius 3 is 1.44 bits per heavy atom. The molecule has 4 N–H and O–H groups in total. The van der Waals surface area contributed by atoms with Crippen LogP contribution in [0.2, 0.25) is 0 Å². The van der Waals surface area contributed by atoms with Gasteiger partial charge in [0.15, 0.2) is 0 Å². The fourth-order valence-corrected chi connectivity index (χ4v) is 5.08. The second-order valence-electron chi connectivity index (χ2n) is 12.7. The molecular weight excluding hydrogens is 586 g/mol. The fraction of sp³-hybridized carbons (Fsp3) is 0.871. The number of nitrogens with zero attached hydrogens (tertiary/aromatic N) is 4. The van der Waals surface area contributed by atoms with E-state index in [9.17, 15) is 34.5 Å². The molecule has 1 unspecified atom stereocenters. The fourth-order valence-electron chi connectivity index (χ4n) is 5.08. The Morgan fingerprint density at radius 2 is 1.07 bits per heavy atom. The first-order chi connectivity index (χ1) is 21.2. The summed E-state index contributed by atoms with van der Waals surface area (Å²) in [4.78, 5) is 54.2. The first-order valence-electron chi connectivity index (χ1n) is 16.3. The van der Waals surface area contributed by atoms with Crippen molar-refractivity contribution in [2.45, 2.75) is 77.9 Å². The number of hydrogen-bond donors (Lipinski definition) is 4. The third-order valence-electron chi connectivity index (χ3n) is 8.25. The minimum Gasteiger partial charge on any atom is -0.480 e. The zero-order valence-electron chi connectivity index (χ0n) is 28.2. The molecule has 1 saturated heterocycles. The highest BCUT2D eigenvalue weighted by Gasteiger charge is 2.25. The van der Waals surface area contributed by atoms with E-state index in [4.69, 9.17) is 9.47 Å². The summed E-state index contributed by atoms with van der Waals surface area (Å²) in [6, 6.07) is 0. The molecule has 1 heterocycles. The van der Waals surface area contributed by atoms with Gasteiger partial charge in [0.05, 0.1) is 50.6 Å². The van der Waals surface area contributed by atoms with E-state index < -0.39 is 23.5 Å². The average Bonchev–Trinajstić information content (AvgIpc) is 2.94. The minimum atomic E-state index is -1.01. The van der Waals surface area contributed by atoms with Crippen LogP contribution < -0.4 is 5.32 Å². The molecule has 14 nitrogen and oxygen atoms in total. The van der Waals surface area contributed by atoms with Crippen LogP contribution in [0.25, 0.3) is 0 Å². The van der Waals surface area contributed by atoms with Crippen molar-refractivity contribution in [1.82, 2.24) is 24.9 Å². The van der Waals surface area contributed by atoms with Crippen LogP contribution in [0.4, 0.5) is 0 Å². The van der Waals surface area contributed by atoms with Crippen molar-refractivity contribution >= 4 is 23.8 Å². The number of nitrogens with one attached hydrogen (secondary N) is 1. The zero-order chi connectivity index (χ0) is 33.9. The van der Waals surface area contributed by atoms with E-state index in [-0.39, 0.29) is 37.7 Å². The topological polar surface area (TPSA) is 172 Å². The molecule has 262 valence electrons. The molecule has 45 heavy (non-hydrogen) atoms. The van der Waals surface area contributed by atoms with Crippen LogP contribution in [-0.2, 0) is 28.7 Å². The van der Waals surface area contributed by atoms with Crippen molar-refractivity contribution < 1.29 is 44.0 Å². The van der Waals surface area contributed by atoms with Gasteiger partial charge in [-0.25, -0.2) is 0 Å². The van der Waals surface area contributed by atoms with Gasteiger partial charge in [-0.3, -0.25) is 38.8 Å². The smallest absolute Gasteiger partial charge is 0.317 e. The summed E-state index contributed by atoms with van der Waals surface area (Å²) in [5, 5.41) is 31.0. The molecule has 1 fully saturated rings. The summed E-state index contributed by atoms with van der Waals surface area (Å²) in [7, 11) is 0. The molecular formula is C31H59N5O9. The van der Waals surface area contributed by atoms with Gasteiger partial charge < -0.3 is 30.1 Å². The highest BCUT2D eigenvalue weighted by molar-refractivity contribution is 5.78. The quantitative estimate of drug-likeness (QED) is 0.139. The number of rotatable bonds is 20.